The maximum atomic E-state index is 14.1. The van der Waals surface area contributed by atoms with Gasteiger partial charge in [-0.3, -0.25) is 4.79 Å². The topological polar surface area (TPSA) is 71.0 Å². The summed E-state index contributed by atoms with van der Waals surface area (Å²) in [7, 11) is 0. The Labute approximate surface area is 194 Å². The number of pyridine rings is 1. The molecule has 1 amide bonds. The predicted molar refractivity (Wildman–Crippen MR) is 118 cm³/mol. The average Bonchev–Trinajstić information content (AvgIpc) is 2.83. The minimum Gasteiger partial charge on any atom is -0.368 e. The number of hydrogen-bond acceptors (Lipinski definition) is 5. The number of rotatable bonds is 5. The number of hydrogen-bond donors (Lipinski definition) is 1. The minimum atomic E-state index is -4.46. The zero-order chi connectivity index (χ0) is 24.3. The Balaban J connectivity index is 1.57. The predicted octanol–water partition coefficient (Wildman–Crippen LogP) is 5.05. The molecule has 2 aromatic heterocycles. The summed E-state index contributed by atoms with van der Waals surface area (Å²) in [6.45, 7) is 2.78. The largest absolute Gasteiger partial charge is 0.417 e. The summed E-state index contributed by atoms with van der Waals surface area (Å²) in [6, 6.07) is 7.55. The molecule has 2 unspecified atom stereocenters. The molecule has 0 saturated carbocycles. The number of halogens is 4. The van der Waals surface area contributed by atoms with Crippen LogP contribution in [0.1, 0.15) is 35.7 Å². The number of nitrogens with zero attached hydrogens (tertiary/aromatic N) is 4. The van der Waals surface area contributed by atoms with Crippen LogP contribution in [0.25, 0.3) is 11.4 Å². The van der Waals surface area contributed by atoms with Gasteiger partial charge in [-0.2, -0.15) is 13.2 Å². The molecule has 0 bridgehead atoms. The van der Waals surface area contributed by atoms with E-state index in [0.717, 1.165) is 25.1 Å². The highest BCUT2D eigenvalue weighted by molar-refractivity contribution is 6.00. The lowest BCUT2D eigenvalue weighted by Gasteiger charge is -2.40. The SMILES string of the molecule is CC1CCCN(C(=O)c2cc(F)ccc2-c2ncccn2)C1CNc1ccc(C(F)(F)F)cn1. The van der Waals surface area contributed by atoms with Crippen LogP contribution in [0.5, 0.6) is 0 Å². The Morgan fingerprint density at radius 1 is 1.15 bits per heavy atom. The van der Waals surface area contributed by atoms with E-state index >= 15 is 0 Å². The third kappa shape index (κ3) is 5.16. The number of anilines is 1. The fourth-order valence-corrected chi connectivity index (χ4v) is 4.17. The Bertz CT molecular complexity index is 1140. The van der Waals surface area contributed by atoms with Gasteiger partial charge < -0.3 is 10.2 Å². The average molecular weight is 473 g/mol. The van der Waals surface area contributed by atoms with E-state index in [1.807, 2.05) is 6.92 Å². The van der Waals surface area contributed by atoms with Crippen molar-refractivity contribution in [3.8, 4) is 11.4 Å². The molecule has 10 heteroatoms. The fourth-order valence-electron chi connectivity index (χ4n) is 4.17. The molecular formula is C24H23F4N5O. The van der Waals surface area contributed by atoms with Crippen molar-refractivity contribution in [2.45, 2.75) is 32.0 Å². The third-order valence-electron chi connectivity index (χ3n) is 5.98. The van der Waals surface area contributed by atoms with Crippen LogP contribution in [0.15, 0.2) is 55.0 Å². The van der Waals surface area contributed by atoms with Crippen molar-refractivity contribution >= 4 is 11.7 Å². The first-order chi connectivity index (χ1) is 16.2. The van der Waals surface area contributed by atoms with Gasteiger partial charge >= 0.3 is 6.18 Å². The van der Waals surface area contributed by atoms with Crippen LogP contribution in [0.4, 0.5) is 23.4 Å². The third-order valence-corrected chi connectivity index (χ3v) is 5.98. The molecule has 0 radical (unpaired) electrons. The molecule has 0 aliphatic carbocycles. The summed E-state index contributed by atoms with van der Waals surface area (Å²) in [5.41, 5.74) is -0.234. The molecular weight excluding hydrogens is 450 g/mol. The lowest BCUT2D eigenvalue weighted by atomic mass is 9.89. The summed E-state index contributed by atoms with van der Waals surface area (Å²) in [4.78, 5) is 27.5. The first kappa shape index (κ1) is 23.6. The molecule has 1 aliphatic rings. The number of amides is 1. The highest BCUT2D eigenvalue weighted by Crippen LogP contribution is 2.30. The number of carbonyl (C=O) groups excluding carboxylic acids is 1. The van der Waals surface area contributed by atoms with E-state index in [1.54, 1.807) is 23.4 Å². The van der Waals surface area contributed by atoms with Crippen molar-refractivity contribution in [2.24, 2.45) is 5.92 Å². The van der Waals surface area contributed by atoms with E-state index in [1.165, 1.54) is 24.3 Å². The number of benzene rings is 1. The van der Waals surface area contributed by atoms with Gasteiger partial charge in [0.25, 0.3) is 5.91 Å². The van der Waals surface area contributed by atoms with Gasteiger partial charge in [0.05, 0.1) is 17.2 Å². The first-order valence-electron chi connectivity index (χ1n) is 10.9. The second-order valence-electron chi connectivity index (χ2n) is 8.26. The molecule has 3 heterocycles. The Hall–Kier alpha value is -3.56. The van der Waals surface area contributed by atoms with Crippen molar-refractivity contribution in [1.82, 2.24) is 19.9 Å². The Kier molecular flexibility index (Phi) is 6.76. The van der Waals surface area contributed by atoms with E-state index in [-0.39, 0.29) is 35.8 Å². The molecule has 3 aromatic rings. The smallest absolute Gasteiger partial charge is 0.368 e. The van der Waals surface area contributed by atoms with Crippen LogP contribution in [0.3, 0.4) is 0 Å². The van der Waals surface area contributed by atoms with Crippen molar-refractivity contribution in [3.63, 3.8) is 0 Å². The standard InChI is InChI=1S/C24H23F4N5O/c1-15-4-2-11-33(20(15)14-32-21-8-5-16(13-31-21)24(26,27)28)23(34)19-12-17(25)6-7-18(19)22-29-9-3-10-30-22/h3,5-10,12-13,15,20H,2,4,11,14H2,1H3,(H,31,32). The number of carbonyl (C=O) groups is 1. The quantitative estimate of drug-likeness (QED) is 0.525. The van der Waals surface area contributed by atoms with Gasteiger partial charge in [0.15, 0.2) is 5.82 Å². The Morgan fingerprint density at radius 3 is 2.59 bits per heavy atom. The molecule has 1 N–H and O–H groups in total. The lowest BCUT2D eigenvalue weighted by Crippen LogP contribution is -2.51. The van der Waals surface area contributed by atoms with Gasteiger partial charge in [-0.1, -0.05) is 6.92 Å². The van der Waals surface area contributed by atoms with E-state index in [0.29, 0.717) is 17.9 Å². The second-order valence-corrected chi connectivity index (χ2v) is 8.26. The molecule has 1 aromatic carbocycles. The highest BCUT2D eigenvalue weighted by atomic mass is 19.4. The molecule has 1 fully saturated rings. The molecule has 1 aliphatic heterocycles. The van der Waals surface area contributed by atoms with E-state index < -0.39 is 17.6 Å². The maximum absolute atomic E-state index is 14.1. The summed E-state index contributed by atoms with van der Waals surface area (Å²) in [5, 5.41) is 3.05. The van der Waals surface area contributed by atoms with Crippen LogP contribution < -0.4 is 5.32 Å². The van der Waals surface area contributed by atoms with Crippen LogP contribution in [-0.4, -0.2) is 44.9 Å². The normalized spacial score (nSPS) is 18.6. The van der Waals surface area contributed by atoms with Crippen molar-refractivity contribution < 1.29 is 22.4 Å². The Morgan fingerprint density at radius 2 is 1.91 bits per heavy atom. The molecule has 34 heavy (non-hydrogen) atoms. The molecule has 4 rings (SSSR count). The van der Waals surface area contributed by atoms with Crippen molar-refractivity contribution in [3.05, 3.63) is 71.9 Å². The molecule has 0 spiro atoms. The van der Waals surface area contributed by atoms with Gasteiger partial charge in [-0.25, -0.2) is 19.3 Å². The highest BCUT2D eigenvalue weighted by Gasteiger charge is 2.34. The van der Waals surface area contributed by atoms with Crippen molar-refractivity contribution in [1.29, 1.82) is 0 Å². The summed E-state index contributed by atoms with van der Waals surface area (Å²) >= 11 is 0. The van der Waals surface area contributed by atoms with Crippen LogP contribution in [-0.2, 0) is 6.18 Å². The minimum absolute atomic E-state index is 0.115. The zero-order valence-electron chi connectivity index (χ0n) is 18.4. The zero-order valence-corrected chi connectivity index (χ0v) is 18.4. The lowest BCUT2D eigenvalue weighted by molar-refractivity contribution is -0.137. The molecule has 2 atom stereocenters. The fraction of sp³-hybridized carbons (Fsp3) is 0.333. The molecule has 1 saturated heterocycles. The number of nitrogens with one attached hydrogen (secondary N) is 1. The van der Waals surface area contributed by atoms with Gasteiger partial charge in [-0.05, 0) is 55.2 Å². The number of piperidine rings is 1. The summed E-state index contributed by atoms with van der Waals surface area (Å²) in [6.07, 6.45) is 1.08. The second kappa shape index (κ2) is 9.74. The molecule has 6 nitrogen and oxygen atoms in total. The van der Waals surface area contributed by atoms with Crippen LogP contribution in [0.2, 0.25) is 0 Å². The summed E-state index contributed by atoms with van der Waals surface area (Å²) < 4.78 is 52.5. The number of likely N-dealkylation sites (tertiary alicyclic amines) is 1. The van der Waals surface area contributed by atoms with E-state index in [4.69, 9.17) is 0 Å². The number of aromatic nitrogens is 3. The van der Waals surface area contributed by atoms with E-state index in [2.05, 4.69) is 20.3 Å². The monoisotopic (exact) mass is 473 g/mol. The van der Waals surface area contributed by atoms with Crippen molar-refractivity contribution in [2.75, 3.05) is 18.4 Å². The van der Waals surface area contributed by atoms with Crippen LogP contribution >= 0.6 is 0 Å². The van der Waals surface area contributed by atoms with Gasteiger partial charge in [0.1, 0.15) is 11.6 Å². The molecule has 178 valence electrons. The summed E-state index contributed by atoms with van der Waals surface area (Å²) in [5.74, 6) is -0.177. The first-order valence-corrected chi connectivity index (χ1v) is 10.9. The maximum Gasteiger partial charge on any atom is 0.417 e. The van der Waals surface area contributed by atoms with Gasteiger partial charge in [0.2, 0.25) is 0 Å². The van der Waals surface area contributed by atoms with Gasteiger partial charge in [-0.15, -0.1) is 0 Å². The van der Waals surface area contributed by atoms with Crippen LogP contribution in [0, 0.1) is 11.7 Å². The van der Waals surface area contributed by atoms with E-state index in [9.17, 15) is 22.4 Å². The number of alkyl halides is 3. The van der Waals surface area contributed by atoms with Gasteiger partial charge in [0, 0.05) is 37.2 Å².